The van der Waals surface area contributed by atoms with Crippen LogP contribution in [0.3, 0.4) is 0 Å². The molecule has 2 aromatic rings. The van der Waals surface area contributed by atoms with Crippen LogP contribution in [0.25, 0.3) is 0 Å². The van der Waals surface area contributed by atoms with E-state index in [-0.39, 0.29) is 30.2 Å². The van der Waals surface area contributed by atoms with E-state index < -0.39 is 6.04 Å². The van der Waals surface area contributed by atoms with Gasteiger partial charge in [-0.05, 0) is 55.0 Å². The molecule has 6 rings (SSSR count). The number of ether oxygens (including phenoxy) is 1. The summed E-state index contributed by atoms with van der Waals surface area (Å²) in [4.78, 5) is 40.9. The molecule has 3 amide bonds. The van der Waals surface area contributed by atoms with E-state index in [0.29, 0.717) is 30.5 Å². The summed E-state index contributed by atoms with van der Waals surface area (Å²) in [6.07, 6.45) is 5.36. The number of hydrogen-bond acceptors (Lipinski definition) is 5. The number of amides is 3. The smallest absolute Gasteiger partial charge is 0.255 e. The van der Waals surface area contributed by atoms with E-state index in [1.54, 1.807) is 4.90 Å². The Morgan fingerprint density at radius 2 is 1.71 bits per heavy atom. The van der Waals surface area contributed by atoms with Gasteiger partial charge in [0.1, 0.15) is 17.9 Å². The predicted molar refractivity (Wildman–Crippen MR) is 130 cm³/mol. The van der Waals surface area contributed by atoms with Gasteiger partial charge in [-0.15, -0.1) is 0 Å². The summed E-state index contributed by atoms with van der Waals surface area (Å²) in [5, 5.41) is 2.36. The number of hydrogen-bond donors (Lipinski definition) is 1. The Bertz CT molecular complexity index is 1140. The highest BCUT2D eigenvalue weighted by atomic mass is 16.5. The molecule has 0 spiro atoms. The van der Waals surface area contributed by atoms with Gasteiger partial charge in [-0.2, -0.15) is 0 Å². The lowest BCUT2D eigenvalue weighted by molar-refractivity contribution is -0.136. The van der Waals surface area contributed by atoms with Crippen molar-refractivity contribution in [1.29, 1.82) is 0 Å². The molecular formula is C28H31N3O4. The molecule has 3 atom stereocenters. The molecule has 7 heteroatoms. The van der Waals surface area contributed by atoms with Crippen LogP contribution < -0.4 is 10.1 Å². The van der Waals surface area contributed by atoms with Crippen molar-refractivity contribution in [3.8, 4) is 5.75 Å². The normalized spacial score (nSPS) is 27.4. The fraction of sp³-hybridized carbons (Fsp3) is 0.464. The Kier molecular flexibility index (Phi) is 5.80. The predicted octanol–water partition coefficient (Wildman–Crippen LogP) is 3.24. The maximum Gasteiger partial charge on any atom is 0.255 e. The molecule has 182 valence electrons. The van der Waals surface area contributed by atoms with Crippen LogP contribution in [0.15, 0.2) is 48.5 Å². The first-order valence-electron chi connectivity index (χ1n) is 12.8. The first kappa shape index (κ1) is 22.3. The molecule has 1 N–H and O–H groups in total. The third kappa shape index (κ3) is 4.22. The number of carbonyl (C=O) groups is 3. The highest BCUT2D eigenvalue weighted by Gasteiger charge is 2.41. The zero-order chi connectivity index (χ0) is 23.9. The molecule has 2 aromatic carbocycles. The third-order valence-corrected chi connectivity index (χ3v) is 8.10. The van der Waals surface area contributed by atoms with Crippen molar-refractivity contribution in [2.45, 2.75) is 69.2 Å². The van der Waals surface area contributed by atoms with Gasteiger partial charge in [0, 0.05) is 43.6 Å². The molecule has 4 aliphatic rings. The molecule has 3 unspecified atom stereocenters. The zero-order valence-electron chi connectivity index (χ0n) is 19.8. The largest absolute Gasteiger partial charge is 0.489 e. The summed E-state index contributed by atoms with van der Waals surface area (Å²) in [6, 6.07) is 16.2. The van der Waals surface area contributed by atoms with E-state index in [1.807, 2.05) is 18.2 Å². The number of fused-ring (bicyclic) bond motifs is 1. The number of nitrogens with zero attached hydrogens (tertiary/aromatic N) is 2. The minimum atomic E-state index is -0.594. The highest BCUT2D eigenvalue weighted by molar-refractivity contribution is 6.05. The van der Waals surface area contributed by atoms with Crippen molar-refractivity contribution in [3.05, 3.63) is 65.2 Å². The second-order valence-electron chi connectivity index (χ2n) is 10.3. The Labute approximate surface area is 205 Å². The van der Waals surface area contributed by atoms with Gasteiger partial charge in [0.05, 0.1) is 0 Å². The number of rotatable bonds is 5. The highest BCUT2D eigenvalue weighted by Crippen LogP contribution is 2.36. The van der Waals surface area contributed by atoms with Gasteiger partial charge < -0.3 is 9.64 Å². The molecule has 0 radical (unpaired) electrons. The second-order valence-corrected chi connectivity index (χ2v) is 10.3. The first-order chi connectivity index (χ1) is 17.1. The van der Waals surface area contributed by atoms with E-state index in [9.17, 15) is 14.4 Å². The Hall–Kier alpha value is -3.19. The first-order valence-corrected chi connectivity index (χ1v) is 12.8. The van der Waals surface area contributed by atoms with Crippen molar-refractivity contribution in [2.24, 2.45) is 0 Å². The van der Waals surface area contributed by atoms with E-state index in [4.69, 9.17) is 4.74 Å². The van der Waals surface area contributed by atoms with Crippen LogP contribution in [0, 0.1) is 0 Å². The lowest BCUT2D eigenvalue weighted by Gasteiger charge is -2.48. The fourth-order valence-corrected chi connectivity index (χ4v) is 6.15. The van der Waals surface area contributed by atoms with Gasteiger partial charge in [0.2, 0.25) is 11.8 Å². The third-order valence-electron chi connectivity index (χ3n) is 8.10. The minimum absolute atomic E-state index is 0.141. The standard InChI is InChI=1S/C28H31N3O4/c32-26-13-12-24(27(33)29-26)31-17-19-14-21(10-11-22(19)28(31)34)35-25-9-5-4-8-23(25)30-15-20(16-30)18-6-2-1-3-7-18/h1-3,6-7,10-11,14,20,23-25H,4-5,8-9,12-13,15-17H2,(H,29,32,33). The number of likely N-dealkylation sites (tertiary alicyclic amines) is 1. The van der Waals surface area contributed by atoms with Gasteiger partial charge in [-0.1, -0.05) is 36.8 Å². The monoisotopic (exact) mass is 473 g/mol. The SMILES string of the molecule is O=C1CCC(N2Cc3cc(OC4CCCCC4N4CC(c5ccccc5)C4)ccc3C2=O)C(=O)N1. The summed E-state index contributed by atoms with van der Waals surface area (Å²) in [6.45, 7) is 2.53. The minimum Gasteiger partial charge on any atom is -0.489 e. The van der Waals surface area contributed by atoms with E-state index in [2.05, 4.69) is 40.5 Å². The van der Waals surface area contributed by atoms with Gasteiger partial charge in [0.25, 0.3) is 5.91 Å². The summed E-state index contributed by atoms with van der Waals surface area (Å²) in [7, 11) is 0. The second kappa shape index (κ2) is 9.11. The summed E-state index contributed by atoms with van der Waals surface area (Å²) < 4.78 is 6.55. The lowest BCUT2D eigenvalue weighted by Crippen LogP contribution is -2.57. The molecule has 7 nitrogen and oxygen atoms in total. The molecule has 0 bridgehead atoms. The average Bonchev–Trinajstić information content (AvgIpc) is 3.15. The van der Waals surface area contributed by atoms with Crippen LogP contribution >= 0.6 is 0 Å². The Balaban J connectivity index is 1.12. The van der Waals surface area contributed by atoms with Gasteiger partial charge in [-0.25, -0.2) is 0 Å². The van der Waals surface area contributed by atoms with Crippen molar-refractivity contribution in [2.75, 3.05) is 13.1 Å². The molecular weight excluding hydrogens is 442 g/mol. The quantitative estimate of drug-likeness (QED) is 0.675. The molecule has 3 heterocycles. The molecule has 1 saturated carbocycles. The van der Waals surface area contributed by atoms with Crippen LogP contribution in [-0.4, -0.2) is 58.8 Å². The zero-order valence-corrected chi connectivity index (χ0v) is 19.8. The molecule has 3 aliphatic heterocycles. The van der Waals surface area contributed by atoms with Crippen molar-refractivity contribution in [3.63, 3.8) is 0 Å². The average molecular weight is 474 g/mol. The number of piperidine rings is 1. The topological polar surface area (TPSA) is 79.0 Å². The summed E-state index contributed by atoms with van der Waals surface area (Å²) in [5.41, 5.74) is 2.93. The van der Waals surface area contributed by atoms with Crippen LogP contribution in [0.1, 0.15) is 65.9 Å². The molecule has 2 saturated heterocycles. The van der Waals surface area contributed by atoms with Gasteiger partial charge >= 0.3 is 0 Å². The number of carbonyl (C=O) groups excluding carboxylic acids is 3. The van der Waals surface area contributed by atoms with Crippen LogP contribution in [0.2, 0.25) is 0 Å². The van der Waals surface area contributed by atoms with Crippen molar-refractivity contribution < 1.29 is 19.1 Å². The molecule has 3 fully saturated rings. The van der Waals surface area contributed by atoms with Crippen molar-refractivity contribution >= 4 is 17.7 Å². The molecule has 1 aliphatic carbocycles. The van der Waals surface area contributed by atoms with Crippen LogP contribution in [-0.2, 0) is 16.1 Å². The maximum absolute atomic E-state index is 13.0. The molecule has 35 heavy (non-hydrogen) atoms. The van der Waals surface area contributed by atoms with Crippen molar-refractivity contribution in [1.82, 2.24) is 15.1 Å². The van der Waals surface area contributed by atoms with E-state index in [0.717, 1.165) is 37.2 Å². The molecule has 0 aromatic heterocycles. The van der Waals surface area contributed by atoms with E-state index >= 15 is 0 Å². The number of nitrogens with one attached hydrogen (secondary N) is 1. The van der Waals surface area contributed by atoms with Crippen LogP contribution in [0.4, 0.5) is 0 Å². The summed E-state index contributed by atoms with van der Waals surface area (Å²) in [5.74, 6) is 0.587. The number of imide groups is 1. The summed E-state index contributed by atoms with van der Waals surface area (Å²) >= 11 is 0. The lowest BCUT2D eigenvalue weighted by atomic mass is 9.84. The maximum atomic E-state index is 13.0. The van der Waals surface area contributed by atoms with E-state index in [1.165, 1.54) is 18.4 Å². The van der Waals surface area contributed by atoms with Gasteiger partial charge in [-0.3, -0.25) is 24.6 Å². The van der Waals surface area contributed by atoms with Crippen LogP contribution in [0.5, 0.6) is 5.75 Å². The number of benzene rings is 2. The fourth-order valence-electron chi connectivity index (χ4n) is 6.15. The Morgan fingerprint density at radius 1 is 0.914 bits per heavy atom. The Morgan fingerprint density at radius 3 is 2.51 bits per heavy atom. The van der Waals surface area contributed by atoms with Gasteiger partial charge in [0.15, 0.2) is 0 Å².